The average molecular weight is 362 g/mol. The first kappa shape index (κ1) is 17.7. The van der Waals surface area contributed by atoms with Crippen LogP contribution >= 0.6 is 0 Å². The molecule has 1 aliphatic carbocycles. The van der Waals surface area contributed by atoms with E-state index in [4.69, 9.17) is 4.74 Å². The summed E-state index contributed by atoms with van der Waals surface area (Å²) in [5, 5.41) is 8.38. The molecule has 0 amide bonds. The zero-order valence-corrected chi connectivity index (χ0v) is 16.2. The predicted molar refractivity (Wildman–Crippen MR) is 106 cm³/mol. The fraction of sp³-hybridized carbons (Fsp3) is 0.364. The Morgan fingerprint density at radius 2 is 2.11 bits per heavy atom. The second-order valence-electron chi connectivity index (χ2n) is 7.22. The van der Waals surface area contributed by atoms with Gasteiger partial charge in [0.15, 0.2) is 5.82 Å². The first-order valence-corrected chi connectivity index (χ1v) is 9.53. The van der Waals surface area contributed by atoms with Gasteiger partial charge in [0.05, 0.1) is 19.0 Å². The number of aromatic nitrogens is 3. The highest BCUT2D eigenvalue weighted by Gasteiger charge is 2.25. The lowest BCUT2D eigenvalue weighted by Gasteiger charge is -2.25. The van der Waals surface area contributed by atoms with Crippen molar-refractivity contribution in [1.82, 2.24) is 20.1 Å². The fourth-order valence-electron chi connectivity index (χ4n) is 3.94. The maximum Gasteiger partial charge on any atom is 0.153 e. The van der Waals surface area contributed by atoms with E-state index in [0.717, 1.165) is 37.4 Å². The number of rotatable bonds is 5. The van der Waals surface area contributed by atoms with E-state index in [1.165, 1.54) is 27.9 Å². The van der Waals surface area contributed by atoms with Crippen LogP contribution in [0.15, 0.2) is 42.7 Å². The van der Waals surface area contributed by atoms with E-state index in [9.17, 15) is 0 Å². The van der Waals surface area contributed by atoms with Crippen molar-refractivity contribution in [2.24, 2.45) is 0 Å². The summed E-state index contributed by atoms with van der Waals surface area (Å²) in [6.07, 6.45) is 7.16. The fourth-order valence-corrected chi connectivity index (χ4v) is 3.94. The molecule has 0 saturated heterocycles. The quantitative estimate of drug-likeness (QED) is 0.744. The molecule has 3 aromatic rings. The predicted octanol–water partition coefficient (Wildman–Crippen LogP) is 4.06. The van der Waals surface area contributed by atoms with Gasteiger partial charge in [-0.2, -0.15) is 5.10 Å². The summed E-state index contributed by atoms with van der Waals surface area (Å²) < 4.78 is 7.42. The minimum absolute atomic E-state index is 0.327. The molecule has 1 N–H and O–H groups in total. The molecule has 0 unspecified atom stereocenters. The number of nitrogens with zero attached hydrogens (tertiary/aromatic N) is 3. The molecule has 2 heterocycles. The number of hydrogen-bond acceptors (Lipinski definition) is 4. The SMILES string of the molecule is COc1cc(C)c(CN[C@@H]2CCCc3c2cnn3-c2ccccn2)cc1C. The van der Waals surface area contributed by atoms with E-state index in [0.29, 0.717) is 6.04 Å². The standard InChI is InChI=1S/C22H26N4O/c1-15-12-21(27-3)16(2)11-17(15)13-24-19-7-6-8-20-18(19)14-25-26(20)22-9-4-5-10-23-22/h4-5,9-12,14,19,24H,6-8,13H2,1-3H3/t19-/m1/s1. The second kappa shape index (κ2) is 7.53. The smallest absolute Gasteiger partial charge is 0.153 e. The lowest BCUT2D eigenvalue weighted by molar-refractivity contribution is 0.410. The van der Waals surface area contributed by atoms with E-state index in [-0.39, 0.29) is 0 Å². The van der Waals surface area contributed by atoms with Crippen LogP contribution in [-0.4, -0.2) is 21.9 Å². The maximum atomic E-state index is 5.43. The van der Waals surface area contributed by atoms with Crippen LogP contribution < -0.4 is 10.1 Å². The number of methoxy groups -OCH3 is 1. The molecule has 1 aromatic carbocycles. The number of benzene rings is 1. The zero-order valence-electron chi connectivity index (χ0n) is 16.2. The highest BCUT2D eigenvalue weighted by atomic mass is 16.5. The van der Waals surface area contributed by atoms with E-state index < -0.39 is 0 Å². The van der Waals surface area contributed by atoms with Gasteiger partial charge < -0.3 is 10.1 Å². The van der Waals surface area contributed by atoms with E-state index in [2.05, 4.69) is 41.4 Å². The molecule has 2 aromatic heterocycles. The Hall–Kier alpha value is -2.66. The first-order chi connectivity index (χ1) is 13.2. The van der Waals surface area contributed by atoms with Crippen molar-refractivity contribution in [1.29, 1.82) is 0 Å². The second-order valence-corrected chi connectivity index (χ2v) is 7.22. The Labute approximate surface area is 160 Å². The molecule has 0 aliphatic heterocycles. The third kappa shape index (κ3) is 3.47. The van der Waals surface area contributed by atoms with Crippen molar-refractivity contribution in [3.05, 3.63) is 70.7 Å². The molecule has 140 valence electrons. The topological polar surface area (TPSA) is 52.0 Å². The molecular formula is C22H26N4O. The summed E-state index contributed by atoms with van der Waals surface area (Å²) in [4.78, 5) is 4.45. The van der Waals surface area contributed by atoms with E-state index in [1.54, 1.807) is 7.11 Å². The van der Waals surface area contributed by atoms with Gasteiger partial charge in [0.2, 0.25) is 0 Å². The molecule has 0 spiro atoms. The van der Waals surface area contributed by atoms with Gasteiger partial charge in [-0.15, -0.1) is 0 Å². The number of hydrogen-bond donors (Lipinski definition) is 1. The van der Waals surface area contributed by atoms with Crippen molar-refractivity contribution >= 4 is 0 Å². The maximum absolute atomic E-state index is 5.43. The van der Waals surface area contributed by atoms with Gasteiger partial charge in [-0.25, -0.2) is 9.67 Å². The molecule has 0 bridgehead atoms. The molecular weight excluding hydrogens is 336 g/mol. The minimum Gasteiger partial charge on any atom is -0.496 e. The van der Waals surface area contributed by atoms with Crippen LogP contribution in [0.3, 0.4) is 0 Å². The summed E-state index contributed by atoms with van der Waals surface area (Å²) in [6.45, 7) is 5.08. The minimum atomic E-state index is 0.327. The van der Waals surface area contributed by atoms with Crippen molar-refractivity contribution in [2.45, 2.75) is 45.7 Å². The molecule has 27 heavy (non-hydrogen) atoms. The molecule has 1 aliphatic rings. The molecule has 0 radical (unpaired) electrons. The summed E-state index contributed by atoms with van der Waals surface area (Å²) in [5.74, 6) is 1.84. The van der Waals surface area contributed by atoms with Gasteiger partial charge in [-0.3, -0.25) is 0 Å². The monoisotopic (exact) mass is 362 g/mol. The van der Waals surface area contributed by atoms with Gasteiger partial charge in [-0.05, 0) is 68.0 Å². The lowest BCUT2D eigenvalue weighted by Crippen LogP contribution is -2.25. The Balaban J connectivity index is 1.54. The zero-order chi connectivity index (χ0) is 18.8. The van der Waals surface area contributed by atoms with Crippen molar-refractivity contribution in [2.75, 3.05) is 7.11 Å². The number of nitrogens with one attached hydrogen (secondary N) is 1. The van der Waals surface area contributed by atoms with Crippen LogP contribution in [0, 0.1) is 13.8 Å². The molecule has 1 atom stereocenters. The molecule has 4 rings (SSSR count). The van der Waals surface area contributed by atoms with Gasteiger partial charge in [0.1, 0.15) is 5.75 Å². The van der Waals surface area contributed by atoms with Crippen LogP contribution in [-0.2, 0) is 13.0 Å². The number of fused-ring (bicyclic) bond motifs is 1. The van der Waals surface area contributed by atoms with Crippen molar-refractivity contribution in [3.8, 4) is 11.6 Å². The molecule has 5 nitrogen and oxygen atoms in total. The third-order valence-electron chi connectivity index (χ3n) is 5.44. The summed E-state index contributed by atoms with van der Waals surface area (Å²) in [5.41, 5.74) is 6.32. The summed E-state index contributed by atoms with van der Waals surface area (Å²) in [6, 6.07) is 10.6. The Morgan fingerprint density at radius 3 is 2.89 bits per heavy atom. The first-order valence-electron chi connectivity index (χ1n) is 9.53. The van der Waals surface area contributed by atoms with Gasteiger partial charge >= 0.3 is 0 Å². The Bertz CT molecular complexity index is 933. The van der Waals surface area contributed by atoms with Gasteiger partial charge in [0, 0.05) is 24.3 Å². The highest BCUT2D eigenvalue weighted by Crippen LogP contribution is 2.31. The van der Waals surface area contributed by atoms with Crippen LogP contribution in [0.4, 0.5) is 0 Å². The normalized spacial score (nSPS) is 16.2. The number of ether oxygens (including phenoxy) is 1. The van der Waals surface area contributed by atoms with Crippen LogP contribution in [0.1, 0.15) is 46.8 Å². The summed E-state index contributed by atoms with van der Waals surface area (Å²) in [7, 11) is 1.72. The molecule has 5 heteroatoms. The Morgan fingerprint density at radius 1 is 1.22 bits per heavy atom. The summed E-state index contributed by atoms with van der Waals surface area (Å²) >= 11 is 0. The molecule has 0 fully saturated rings. The van der Waals surface area contributed by atoms with Gasteiger partial charge in [-0.1, -0.05) is 12.1 Å². The third-order valence-corrected chi connectivity index (χ3v) is 5.44. The van der Waals surface area contributed by atoms with Crippen LogP contribution in [0.25, 0.3) is 5.82 Å². The van der Waals surface area contributed by atoms with Crippen LogP contribution in [0.5, 0.6) is 5.75 Å². The number of aryl methyl sites for hydroxylation is 2. The van der Waals surface area contributed by atoms with E-state index in [1.807, 2.05) is 35.3 Å². The average Bonchev–Trinajstić information content (AvgIpc) is 3.13. The van der Waals surface area contributed by atoms with Crippen molar-refractivity contribution < 1.29 is 4.74 Å². The Kier molecular flexibility index (Phi) is 4.94. The van der Waals surface area contributed by atoms with Crippen LogP contribution in [0.2, 0.25) is 0 Å². The van der Waals surface area contributed by atoms with Crippen molar-refractivity contribution in [3.63, 3.8) is 0 Å². The molecule has 0 saturated carbocycles. The number of pyridine rings is 1. The lowest BCUT2D eigenvalue weighted by atomic mass is 9.92. The van der Waals surface area contributed by atoms with Gasteiger partial charge in [0.25, 0.3) is 0 Å². The van der Waals surface area contributed by atoms with E-state index >= 15 is 0 Å². The largest absolute Gasteiger partial charge is 0.496 e. The highest BCUT2D eigenvalue weighted by molar-refractivity contribution is 5.41.